The molecular weight excluding hydrogens is 326 g/mol. The van der Waals surface area contributed by atoms with Crippen molar-refractivity contribution in [2.75, 3.05) is 13.2 Å². The number of benzene rings is 1. The maximum Gasteiger partial charge on any atom is 0.326 e. The first-order valence-electron chi connectivity index (χ1n) is 9.71. The number of hydrogen-bond acceptors (Lipinski definition) is 3. The summed E-state index contributed by atoms with van der Waals surface area (Å²) in [7, 11) is 0. The van der Waals surface area contributed by atoms with E-state index in [1.54, 1.807) is 0 Å². The zero-order valence-corrected chi connectivity index (χ0v) is 15.2. The van der Waals surface area contributed by atoms with Gasteiger partial charge in [0.05, 0.1) is 6.67 Å². The number of nitrogens with zero attached hydrogens (tertiary/aromatic N) is 2. The molecule has 1 aliphatic heterocycles. The highest BCUT2D eigenvalue weighted by Gasteiger charge is 2.51. The van der Waals surface area contributed by atoms with Gasteiger partial charge in [0.15, 0.2) is 0 Å². The smallest absolute Gasteiger partial charge is 0.323 e. The lowest BCUT2D eigenvalue weighted by Crippen LogP contribution is -2.49. The van der Waals surface area contributed by atoms with Crippen LogP contribution >= 0.6 is 0 Å². The van der Waals surface area contributed by atoms with Crippen LogP contribution in [0.2, 0.25) is 0 Å². The van der Waals surface area contributed by atoms with Gasteiger partial charge in [-0.25, -0.2) is 9.69 Å². The number of amides is 3. The number of hydrogen-bond donors (Lipinski definition) is 1. The van der Waals surface area contributed by atoms with Crippen LogP contribution in [-0.2, 0) is 11.2 Å². The molecule has 1 saturated heterocycles. The number of imide groups is 1. The molecule has 1 N–H and O–H groups in total. The van der Waals surface area contributed by atoms with Crippen LogP contribution in [0.4, 0.5) is 4.79 Å². The summed E-state index contributed by atoms with van der Waals surface area (Å²) in [5.41, 5.74) is 2.03. The third kappa shape index (κ3) is 2.84. The molecule has 4 rings (SSSR count). The molecule has 0 radical (unpaired) electrons. The molecule has 2 fully saturated rings. The summed E-state index contributed by atoms with van der Waals surface area (Å²) in [6.45, 7) is 4.86. The average molecular weight is 353 g/mol. The molecular formula is C21H27N3O2. The van der Waals surface area contributed by atoms with E-state index >= 15 is 0 Å². The standard InChI is InChI=1S/C21H27N3O2/c1-2-14-23(18-11-10-16-8-4-5-9-17(16)18)15-24-19(25)21(22-20(24)26)12-6-3-7-13-21/h2,4-5,8-9,18H,1,3,6-7,10-15H2,(H,22,26)/t18-/m0/s1. The van der Waals surface area contributed by atoms with E-state index in [2.05, 4.69) is 41.1 Å². The Morgan fingerprint density at radius 2 is 2.00 bits per heavy atom. The molecule has 0 bridgehead atoms. The van der Waals surface area contributed by atoms with Crippen LogP contribution in [0.15, 0.2) is 36.9 Å². The van der Waals surface area contributed by atoms with E-state index in [9.17, 15) is 9.59 Å². The number of aryl methyl sites for hydroxylation is 1. The largest absolute Gasteiger partial charge is 0.326 e. The SMILES string of the molecule is C=CCN(CN1C(=O)NC2(CCCCC2)C1=O)[C@H]1CCc2ccccc21. The van der Waals surface area contributed by atoms with Crippen molar-refractivity contribution in [2.24, 2.45) is 0 Å². The quantitative estimate of drug-likeness (QED) is 0.652. The molecule has 1 saturated carbocycles. The molecule has 138 valence electrons. The van der Waals surface area contributed by atoms with E-state index in [-0.39, 0.29) is 18.0 Å². The van der Waals surface area contributed by atoms with Crippen molar-refractivity contribution in [3.8, 4) is 0 Å². The Morgan fingerprint density at radius 3 is 2.77 bits per heavy atom. The molecule has 3 amide bonds. The molecule has 0 aromatic heterocycles. The summed E-state index contributed by atoms with van der Waals surface area (Å²) in [5.74, 6) is -0.0393. The summed E-state index contributed by atoms with van der Waals surface area (Å²) in [6, 6.07) is 8.46. The van der Waals surface area contributed by atoms with E-state index in [4.69, 9.17) is 0 Å². The van der Waals surface area contributed by atoms with Gasteiger partial charge in [-0.2, -0.15) is 0 Å². The predicted molar refractivity (Wildman–Crippen MR) is 100 cm³/mol. The highest BCUT2D eigenvalue weighted by atomic mass is 16.2. The Balaban J connectivity index is 1.55. The third-order valence-corrected chi connectivity index (χ3v) is 6.18. The second-order valence-corrected chi connectivity index (χ2v) is 7.76. The molecule has 1 spiro atoms. The Kier molecular flexibility index (Phi) is 4.57. The average Bonchev–Trinajstić information content (AvgIpc) is 3.17. The van der Waals surface area contributed by atoms with Crippen LogP contribution in [0.3, 0.4) is 0 Å². The van der Waals surface area contributed by atoms with Gasteiger partial charge in [0.2, 0.25) is 0 Å². The monoisotopic (exact) mass is 353 g/mol. The zero-order chi connectivity index (χ0) is 18.1. The summed E-state index contributed by atoms with van der Waals surface area (Å²) in [4.78, 5) is 29.3. The summed E-state index contributed by atoms with van der Waals surface area (Å²) in [5, 5.41) is 3.01. The Bertz CT molecular complexity index is 724. The Hall–Kier alpha value is -2.14. The molecule has 26 heavy (non-hydrogen) atoms. The van der Waals surface area contributed by atoms with Crippen molar-refractivity contribution in [2.45, 2.75) is 56.5 Å². The van der Waals surface area contributed by atoms with Gasteiger partial charge in [-0.3, -0.25) is 9.69 Å². The van der Waals surface area contributed by atoms with Crippen LogP contribution in [0.5, 0.6) is 0 Å². The summed E-state index contributed by atoms with van der Waals surface area (Å²) >= 11 is 0. The molecule has 3 aliphatic rings. The first kappa shape index (κ1) is 17.3. The van der Waals surface area contributed by atoms with Gasteiger partial charge < -0.3 is 5.32 Å². The van der Waals surface area contributed by atoms with Gasteiger partial charge >= 0.3 is 6.03 Å². The minimum Gasteiger partial charge on any atom is -0.323 e. The van der Waals surface area contributed by atoms with Crippen LogP contribution < -0.4 is 5.32 Å². The number of nitrogens with one attached hydrogen (secondary N) is 1. The predicted octanol–water partition coefficient (Wildman–Crippen LogP) is 3.37. The minimum atomic E-state index is -0.650. The van der Waals surface area contributed by atoms with E-state index in [1.165, 1.54) is 16.0 Å². The van der Waals surface area contributed by atoms with Crippen molar-refractivity contribution in [3.63, 3.8) is 0 Å². The first-order chi connectivity index (χ1) is 12.6. The van der Waals surface area contributed by atoms with Gasteiger partial charge in [-0.05, 0) is 36.8 Å². The normalized spacial score (nSPS) is 24.2. The van der Waals surface area contributed by atoms with E-state index in [0.717, 1.165) is 44.9 Å². The molecule has 1 aromatic rings. The molecule has 2 aliphatic carbocycles. The topological polar surface area (TPSA) is 52.6 Å². The third-order valence-electron chi connectivity index (χ3n) is 6.18. The number of rotatable bonds is 5. The molecule has 5 heteroatoms. The van der Waals surface area contributed by atoms with Crippen LogP contribution in [0.25, 0.3) is 0 Å². The van der Waals surface area contributed by atoms with Gasteiger partial charge in [-0.15, -0.1) is 6.58 Å². The molecule has 5 nitrogen and oxygen atoms in total. The number of urea groups is 1. The summed E-state index contributed by atoms with van der Waals surface area (Å²) in [6.07, 6.45) is 8.60. The van der Waals surface area contributed by atoms with Crippen molar-refractivity contribution in [1.82, 2.24) is 15.1 Å². The first-order valence-corrected chi connectivity index (χ1v) is 9.71. The van der Waals surface area contributed by atoms with Gasteiger partial charge in [0.1, 0.15) is 5.54 Å². The lowest BCUT2D eigenvalue weighted by atomic mass is 9.82. The van der Waals surface area contributed by atoms with Gasteiger partial charge in [-0.1, -0.05) is 49.6 Å². The second kappa shape index (κ2) is 6.88. The van der Waals surface area contributed by atoms with Crippen molar-refractivity contribution < 1.29 is 9.59 Å². The number of fused-ring (bicyclic) bond motifs is 1. The fourth-order valence-electron chi connectivity index (χ4n) is 4.84. The van der Waals surface area contributed by atoms with Gasteiger partial charge in [0.25, 0.3) is 5.91 Å². The second-order valence-electron chi connectivity index (χ2n) is 7.76. The maximum atomic E-state index is 13.1. The molecule has 1 aromatic carbocycles. The maximum absolute atomic E-state index is 13.1. The Morgan fingerprint density at radius 1 is 1.23 bits per heavy atom. The number of carbonyl (C=O) groups is 2. The lowest BCUT2D eigenvalue weighted by Gasteiger charge is -2.33. The van der Waals surface area contributed by atoms with E-state index in [1.807, 2.05) is 6.08 Å². The van der Waals surface area contributed by atoms with Crippen LogP contribution in [0, 0.1) is 0 Å². The summed E-state index contributed by atoms with van der Waals surface area (Å²) < 4.78 is 0. The van der Waals surface area contributed by atoms with Crippen molar-refractivity contribution >= 4 is 11.9 Å². The molecule has 0 unspecified atom stereocenters. The lowest BCUT2D eigenvalue weighted by molar-refractivity contribution is -0.134. The van der Waals surface area contributed by atoms with Crippen LogP contribution in [-0.4, -0.2) is 40.5 Å². The minimum absolute atomic E-state index is 0.0393. The van der Waals surface area contributed by atoms with Crippen molar-refractivity contribution in [3.05, 3.63) is 48.0 Å². The van der Waals surface area contributed by atoms with Crippen LogP contribution in [0.1, 0.15) is 55.7 Å². The zero-order valence-electron chi connectivity index (χ0n) is 15.2. The Labute approximate surface area is 155 Å². The fraction of sp³-hybridized carbons (Fsp3) is 0.524. The molecule has 1 atom stereocenters. The number of carbonyl (C=O) groups excluding carboxylic acids is 2. The molecule has 1 heterocycles. The van der Waals surface area contributed by atoms with E-state index in [0.29, 0.717) is 13.2 Å². The van der Waals surface area contributed by atoms with E-state index < -0.39 is 5.54 Å². The highest BCUT2D eigenvalue weighted by molar-refractivity contribution is 6.07. The van der Waals surface area contributed by atoms with Gasteiger partial charge in [0, 0.05) is 12.6 Å². The fourth-order valence-corrected chi connectivity index (χ4v) is 4.84. The van der Waals surface area contributed by atoms with Crippen molar-refractivity contribution in [1.29, 1.82) is 0 Å². The highest BCUT2D eigenvalue weighted by Crippen LogP contribution is 2.37.